The van der Waals surface area contributed by atoms with Crippen LogP contribution in [0.15, 0.2) is 70.9 Å². The average Bonchev–Trinajstić information content (AvgIpc) is 3.27. The highest BCUT2D eigenvalue weighted by molar-refractivity contribution is 7.90. The van der Waals surface area contributed by atoms with Crippen LogP contribution in [0.3, 0.4) is 0 Å². The molecular weight excluding hydrogens is 490 g/mol. The van der Waals surface area contributed by atoms with Crippen molar-refractivity contribution in [3.8, 4) is 22.7 Å². The fraction of sp³-hybridized carbons (Fsp3) is 0.185. The highest BCUT2D eigenvalue weighted by atomic mass is 32.2. The number of benzene rings is 2. The van der Waals surface area contributed by atoms with E-state index in [0.29, 0.717) is 22.8 Å². The summed E-state index contributed by atoms with van der Waals surface area (Å²) in [5.41, 5.74) is 3.48. The number of hydrogen-bond acceptors (Lipinski definition) is 7. The molecule has 0 spiro atoms. The summed E-state index contributed by atoms with van der Waals surface area (Å²) in [5.74, 6) is 1.17. The molecule has 188 valence electrons. The molecule has 0 aliphatic heterocycles. The first-order chi connectivity index (χ1) is 17.6. The van der Waals surface area contributed by atoms with Crippen molar-refractivity contribution >= 4 is 21.1 Å². The predicted molar refractivity (Wildman–Crippen MR) is 141 cm³/mol. The largest absolute Gasteiger partial charge is 0.496 e. The van der Waals surface area contributed by atoms with E-state index in [-0.39, 0.29) is 21.6 Å². The Balaban J connectivity index is 1.85. The second kappa shape index (κ2) is 8.97. The Labute approximate surface area is 214 Å². The molecule has 5 aromatic rings. The quantitative estimate of drug-likeness (QED) is 0.346. The Kier molecular flexibility index (Phi) is 5.91. The van der Waals surface area contributed by atoms with Crippen molar-refractivity contribution in [2.75, 3.05) is 7.11 Å². The smallest absolute Gasteiger partial charge is 0.269 e. The van der Waals surface area contributed by atoms with Crippen LogP contribution in [0.1, 0.15) is 22.5 Å². The Bertz CT molecular complexity index is 1820. The standard InChI is InChI=1S/C27H25N5O4S/c1-16-6-9-21(10-7-16)37(34,35)32-23(20-13-28-19(4)29-14-20)12-22-26(32)30-15-31(27(22)33)25-17(2)8-11-24(36-5)18(25)3/h6-15H,1-5H3. The van der Waals surface area contributed by atoms with E-state index in [1.807, 2.05) is 32.9 Å². The molecule has 0 saturated heterocycles. The van der Waals surface area contributed by atoms with Gasteiger partial charge in [-0.15, -0.1) is 0 Å². The summed E-state index contributed by atoms with van der Waals surface area (Å²) in [6, 6.07) is 11.8. The van der Waals surface area contributed by atoms with Crippen molar-refractivity contribution in [1.82, 2.24) is 23.5 Å². The maximum atomic E-state index is 13.9. The van der Waals surface area contributed by atoms with Crippen LogP contribution >= 0.6 is 0 Å². The topological polar surface area (TPSA) is 109 Å². The van der Waals surface area contributed by atoms with Gasteiger partial charge in [0.1, 0.15) is 17.9 Å². The first-order valence-corrected chi connectivity index (χ1v) is 13.0. The predicted octanol–water partition coefficient (Wildman–Crippen LogP) is 4.12. The summed E-state index contributed by atoms with van der Waals surface area (Å²) < 4.78 is 35.8. The van der Waals surface area contributed by atoms with Gasteiger partial charge in [-0.1, -0.05) is 23.8 Å². The van der Waals surface area contributed by atoms with E-state index in [0.717, 1.165) is 20.7 Å². The van der Waals surface area contributed by atoms with Crippen LogP contribution in [0.4, 0.5) is 0 Å². The Morgan fingerprint density at radius 3 is 2.22 bits per heavy atom. The summed E-state index contributed by atoms with van der Waals surface area (Å²) in [4.78, 5) is 26.9. The van der Waals surface area contributed by atoms with Crippen LogP contribution in [-0.4, -0.2) is 39.0 Å². The molecule has 0 amide bonds. The van der Waals surface area contributed by atoms with Gasteiger partial charge in [0.2, 0.25) is 0 Å². The van der Waals surface area contributed by atoms with E-state index in [4.69, 9.17) is 4.74 Å². The van der Waals surface area contributed by atoms with E-state index < -0.39 is 15.6 Å². The molecule has 3 aromatic heterocycles. The molecule has 0 radical (unpaired) electrons. The van der Waals surface area contributed by atoms with Gasteiger partial charge in [0, 0.05) is 23.5 Å². The number of methoxy groups -OCH3 is 1. The number of nitrogens with zero attached hydrogens (tertiary/aromatic N) is 5. The minimum Gasteiger partial charge on any atom is -0.496 e. The van der Waals surface area contributed by atoms with Crippen molar-refractivity contribution in [3.63, 3.8) is 0 Å². The van der Waals surface area contributed by atoms with E-state index in [2.05, 4.69) is 15.0 Å². The van der Waals surface area contributed by atoms with Gasteiger partial charge in [0.15, 0.2) is 5.65 Å². The van der Waals surface area contributed by atoms with Gasteiger partial charge in [-0.25, -0.2) is 27.3 Å². The van der Waals surface area contributed by atoms with Crippen molar-refractivity contribution in [2.24, 2.45) is 0 Å². The maximum absolute atomic E-state index is 13.9. The molecule has 0 aliphatic rings. The number of aromatic nitrogens is 5. The van der Waals surface area contributed by atoms with Crippen LogP contribution in [0.5, 0.6) is 5.75 Å². The summed E-state index contributed by atoms with van der Waals surface area (Å²) in [6.45, 7) is 7.37. The van der Waals surface area contributed by atoms with Gasteiger partial charge in [-0.3, -0.25) is 9.36 Å². The third-order valence-electron chi connectivity index (χ3n) is 6.36. The monoisotopic (exact) mass is 515 g/mol. The van der Waals surface area contributed by atoms with E-state index >= 15 is 0 Å². The zero-order chi connectivity index (χ0) is 26.5. The van der Waals surface area contributed by atoms with E-state index in [1.54, 1.807) is 26.2 Å². The van der Waals surface area contributed by atoms with Crippen LogP contribution in [0, 0.1) is 27.7 Å². The first-order valence-electron chi connectivity index (χ1n) is 11.5. The summed E-state index contributed by atoms with van der Waals surface area (Å²) in [7, 11) is -2.55. The minimum absolute atomic E-state index is 0.0237. The zero-order valence-electron chi connectivity index (χ0n) is 21.1. The Morgan fingerprint density at radius 1 is 0.892 bits per heavy atom. The van der Waals surface area contributed by atoms with Crippen molar-refractivity contribution in [3.05, 3.63) is 94.1 Å². The molecule has 3 heterocycles. The number of aryl methyl sites for hydroxylation is 3. The van der Waals surface area contributed by atoms with Crippen molar-refractivity contribution in [1.29, 1.82) is 0 Å². The first kappa shape index (κ1) is 24.4. The lowest BCUT2D eigenvalue weighted by atomic mass is 10.1. The lowest BCUT2D eigenvalue weighted by molar-refractivity contribution is 0.411. The van der Waals surface area contributed by atoms with Gasteiger partial charge < -0.3 is 4.74 Å². The normalized spacial score (nSPS) is 11.7. The molecule has 10 heteroatoms. The highest BCUT2D eigenvalue weighted by Crippen LogP contribution is 2.31. The molecule has 0 unspecified atom stereocenters. The maximum Gasteiger partial charge on any atom is 0.269 e. The van der Waals surface area contributed by atoms with Gasteiger partial charge in [0.25, 0.3) is 15.6 Å². The van der Waals surface area contributed by atoms with Crippen LogP contribution in [-0.2, 0) is 10.0 Å². The van der Waals surface area contributed by atoms with Gasteiger partial charge in [-0.05, 0) is 57.5 Å². The second-order valence-electron chi connectivity index (χ2n) is 8.85. The molecular formula is C27H25N5O4S. The minimum atomic E-state index is -4.12. The molecule has 0 atom stereocenters. The fourth-order valence-corrected chi connectivity index (χ4v) is 5.89. The lowest BCUT2D eigenvalue weighted by Crippen LogP contribution is -2.22. The van der Waals surface area contributed by atoms with E-state index in [9.17, 15) is 13.2 Å². The summed E-state index contributed by atoms with van der Waals surface area (Å²) >= 11 is 0. The van der Waals surface area contributed by atoms with Crippen LogP contribution in [0.25, 0.3) is 28.0 Å². The SMILES string of the molecule is COc1ccc(C)c(-n2cnc3c(cc(-c4cnc(C)nc4)n3S(=O)(=O)c3ccc(C)cc3)c2=O)c1C. The molecule has 0 fully saturated rings. The molecule has 0 saturated carbocycles. The van der Waals surface area contributed by atoms with Gasteiger partial charge in [0.05, 0.1) is 28.8 Å². The molecule has 0 N–H and O–H groups in total. The number of fused-ring (bicyclic) bond motifs is 1. The number of hydrogen-bond donors (Lipinski definition) is 0. The van der Waals surface area contributed by atoms with Crippen LogP contribution in [0.2, 0.25) is 0 Å². The molecule has 0 aliphatic carbocycles. The van der Waals surface area contributed by atoms with Gasteiger partial charge >= 0.3 is 0 Å². The van der Waals surface area contributed by atoms with Crippen molar-refractivity contribution < 1.29 is 13.2 Å². The Morgan fingerprint density at radius 2 is 1.57 bits per heavy atom. The van der Waals surface area contributed by atoms with Crippen LogP contribution < -0.4 is 10.3 Å². The average molecular weight is 516 g/mol. The molecule has 2 aromatic carbocycles. The van der Waals surface area contributed by atoms with Gasteiger partial charge in [-0.2, -0.15) is 0 Å². The summed E-state index contributed by atoms with van der Waals surface area (Å²) in [6.07, 6.45) is 4.43. The molecule has 0 bridgehead atoms. The second-order valence-corrected chi connectivity index (χ2v) is 10.6. The highest BCUT2D eigenvalue weighted by Gasteiger charge is 2.27. The lowest BCUT2D eigenvalue weighted by Gasteiger charge is -2.15. The molecule has 37 heavy (non-hydrogen) atoms. The van der Waals surface area contributed by atoms with Crippen molar-refractivity contribution in [2.45, 2.75) is 32.6 Å². The number of rotatable bonds is 5. The molecule has 5 rings (SSSR count). The summed E-state index contributed by atoms with van der Waals surface area (Å²) in [5, 5.41) is 0.149. The Hall–Kier alpha value is -4.31. The fourth-order valence-electron chi connectivity index (χ4n) is 4.41. The zero-order valence-corrected chi connectivity index (χ0v) is 21.9. The third-order valence-corrected chi connectivity index (χ3v) is 8.08. The molecule has 9 nitrogen and oxygen atoms in total. The van der Waals surface area contributed by atoms with E-state index in [1.165, 1.54) is 41.5 Å². The number of ether oxygens (including phenoxy) is 1. The third kappa shape index (κ3) is 3.99.